The van der Waals surface area contributed by atoms with Crippen molar-refractivity contribution >= 4 is 22.4 Å². The molecule has 4 heterocycles. The summed E-state index contributed by atoms with van der Waals surface area (Å²) in [5, 5.41) is 12.5. The molecule has 4 aromatic rings. The van der Waals surface area contributed by atoms with Crippen molar-refractivity contribution in [3.05, 3.63) is 94.7 Å². The summed E-state index contributed by atoms with van der Waals surface area (Å²) in [6.45, 7) is 4.93. The van der Waals surface area contributed by atoms with Gasteiger partial charge in [0.25, 0.3) is 0 Å². The van der Waals surface area contributed by atoms with Crippen molar-refractivity contribution in [1.29, 1.82) is 0 Å². The van der Waals surface area contributed by atoms with Crippen LogP contribution in [0.15, 0.2) is 71.2 Å². The van der Waals surface area contributed by atoms with Gasteiger partial charge in [0.1, 0.15) is 28.9 Å². The van der Waals surface area contributed by atoms with Crippen LogP contribution >= 0.6 is 0 Å². The van der Waals surface area contributed by atoms with Gasteiger partial charge in [-0.05, 0) is 31.5 Å². The van der Waals surface area contributed by atoms with Crippen LogP contribution in [0.5, 0.6) is 5.75 Å². The van der Waals surface area contributed by atoms with Gasteiger partial charge in [0.2, 0.25) is 0 Å². The fourth-order valence-corrected chi connectivity index (χ4v) is 4.76. The molecule has 1 atom stereocenters. The van der Waals surface area contributed by atoms with E-state index in [2.05, 4.69) is 15.6 Å². The second-order valence-corrected chi connectivity index (χ2v) is 9.18. The summed E-state index contributed by atoms with van der Waals surface area (Å²) in [6.07, 6.45) is 3.51. The maximum atomic E-state index is 14.9. The van der Waals surface area contributed by atoms with E-state index in [0.717, 1.165) is 27.7 Å². The summed E-state index contributed by atoms with van der Waals surface area (Å²) in [5.74, 6) is 0.0397. The topological polar surface area (TPSA) is 85.6 Å². The Kier molecular flexibility index (Phi) is 6.24. The zero-order chi connectivity index (χ0) is 26.2. The van der Waals surface area contributed by atoms with Crippen LogP contribution in [-0.2, 0) is 11.3 Å². The fourth-order valence-electron chi connectivity index (χ4n) is 4.76. The van der Waals surface area contributed by atoms with Gasteiger partial charge < -0.3 is 20.1 Å². The Hall–Kier alpha value is -4.31. The molecule has 0 amide bonds. The molecule has 0 bridgehead atoms. The number of amidine groups is 1. The van der Waals surface area contributed by atoms with Crippen LogP contribution in [0.1, 0.15) is 23.7 Å². The zero-order valence-corrected chi connectivity index (χ0v) is 21.0. The molecule has 38 heavy (non-hydrogen) atoms. The molecule has 6 rings (SSSR count). The van der Waals surface area contributed by atoms with E-state index in [1.54, 1.807) is 24.0 Å². The normalized spacial score (nSPS) is 16.8. The van der Waals surface area contributed by atoms with Crippen LogP contribution in [0.4, 0.5) is 14.5 Å². The standard InChI is InChI=1S/C28H26F2N6O2/c1-3-38-17-10-21(29)19(22(30)11-17)13-36-25-7-5-4-6-18(25)26(35-36)28-33-24-15-37-14-20(24)27(34-28)32-23-8-9-31-12-16(23)2/h4-12,24H,3,13-15H2,1-2H3,(H,31,32)(H,33,34). The number of hydrogen-bond acceptors (Lipinski definition) is 7. The minimum Gasteiger partial charge on any atom is -0.494 e. The highest BCUT2D eigenvalue weighted by Crippen LogP contribution is 2.29. The fraction of sp³-hybridized carbons (Fsp3) is 0.250. The van der Waals surface area contributed by atoms with Crippen LogP contribution in [0, 0.1) is 18.6 Å². The van der Waals surface area contributed by atoms with Crippen molar-refractivity contribution in [3.8, 4) is 5.75 Å². The molecule has 10 heteroatoms. The highest BCUT2D eigenvalue weighted by molar-refractivity contribution is 6.09. The minimum atomic E-state index is -0.683. The molecule has 2 aromatic carbocycles. The van der Waals surface area contributed by atoms with Crippen LogP contribution in [-0.4, -0.2) is 46.5 Å². The summed E-state index contributed by atoms with van der Waals surface area (Å²) < 4.78 is 42.4. The summed E-state index contributed by atoms with van der Waals surface area (Å²) >= 11 is 0. The summed E-state index contributed by atoms with van der Waals surface area (Å²) in [5.41, 5.74) is 4.14. The molecule has 2 aromatic heterocycles. The number of aliphatic imine (C=N–C) groups is 1. The molecule has 0 radical (unpaired) electrons. The van der Waals surface area contributed by atoms with Gasteiger partial charge in [-0.3, -0.25) is 9.67 Å². The number of benzene rings is 2. The molecule has 1 saturated heterocycles. The zero-order valence-electron chi connectivity index (χ0n) is 21.0. The van der Waals surface area contributed by atoms with Gasteiger partial charge in [-0.15, -0.1) is 0 Å². The minimum absolute atomic E-state index is 0.0722. The predicted octanol–water partition coefficient (Wildman–Crippen LogP) is 4.54. The van der Waals surface area contributed by atoms with E-state index >= 15 is 0 Å². The lowest BCUT2D eigenvalue weighted by Crippen LogP contribution is -2.41. The molecule has 2 aliphatic heterocycles. The number of rotatable bonds is 7. The second-order valence-electron chi connectivity index (χ2n) is 9.18. The van der Waals surface area contributed by atoms with E-state index in [1.165, 1.54) is 12.1 Å². The molecule has 1 unspecified atom stereocenters. The number of aryl methyl sites for hydroxylation is 1. The Morgan fingerprint density at radius 2 is 2.00 bits per heavy atom. The Morgan fingerprint density at radius 1 is 1.18 bits per heavy atom. The molecule has 2 N–H and O–H groups in total. The molecule has 2 aliphatic rings. The molecule has 0 saturated carbocycles. The van der Waals surface area contributed by atoms with Crippen molar-refractivity contribution in [3.63, 3.8) is 0 Å². The van der Waals surface area contributed by atoms with Crippen molar-refractivity contribution < 1.29 is 18.3 Å². The molecule has 1 fully saturated rings. The highest BCUT2D eigenvalue weighted by atomic mass is 19.1. The van der Waals surface area contributed by atoms with Crippen molar-refractivity contribution in [2.45, 2.75) is 26.4 Å². The number of fused-ring (bicyclic) bond motifs is 2. The first-order chi connectivity index (χ1) is 18.5. The van der Waals surface area contributed by atoms with Crippen LogP contribution in [0.3, 0.4) is 0 Å². The molecule has 194 valence electrons. The van der Waals surface area contributed by atoms with Gasteiger partial charge in [0.05, 0.1) is 37.9 Å². The van der Waals surface area contributed by atoms with Crippen LogP contribution in [0.25, 0.3) is 10.9 Å². The van der Waals surface area contributed by atoms with E-state index < -0.39 is 11.6 Å². The summed E-state index contributed by atoms with van der Waals surface area (Å²) in [7, 11) is 0. The Bertz CT molecular complexity index is 1570. The van der Waals surface area contributed by atoms with Gasteiger partial charge in [0, 0.05) is 46.7 Å². The molecular formula is C28H26F2N6O2. The van der Waals surface area contributed by atoms with E-state index in [1.807, 2.05) is 37.3 Å². The number of anilines is 1. The number of ether oxygens (including phenoxy) is 2. The predicted molar refractivity (Wildman–Crippen MR) is 140 cm³/mol. The largest absolute Gasteiger partial charge is 0.494 e. The number of aromatic nitrogens is 3. The number of pyridine rings is 1. The number of nitrogens with zero attached hydrogens (tertiary/aromatic N) is 4. The van der Waals surface area contributed by atoms with Gasteiger partial charge in [-0.1, -0.05) is 18.2 Å². The quantitative estimate of drug-likeness (QED) is 0.375. The van der Waals surface area contributed by atoms with E-state index in [9.17, 15) is 8.78 Å². The lowest BCUT2D eigenvalue weighted by Gasteiger charge is -2.24. The van der Waals surface area contributed by atoms with E-state index in [-0.39, 0.29) is 23.9 Å². The lowest BCUT2D eigenvalue weighted by atomic mass is 10.1. The highest BCUT2D eigenvalue weighted by Gasteiger charge is 2.32. The molecular weight excluding hydrogens is 490 g/mol. The van der Waals surface area contributed by atoms with Gasteiger partial charge in [-0.25, -0.2) is 13.8 Å². The maximum Gasteiger partial charge on any atom is 0.157 e. The second kappa shape index (κ2) is 9.86. The van der Waals surface area contributed by atoms with Crippen molar-refractivity contribution in [1.82, 2.24) is 20.1 Å². The van der Waals surface area contributed by atoms with Crippen molar-refractivity contribution in [2.75, 3.05) is 25.1 Å². The molecule has 8 nitrogen and oxygen atoms in total. The number of hydrogen-bond donors (Lipinski definition) is 2. The summed E-state index contributed by atoms with van der Waals surface area (Å²) in [4.78, 5) is 9.06. The Morgan fingerprint density at radius 3 is 2.79 bits per heavy atom. The smallest absolute Gasteiger partial charge is 0.157 e. The SMILES string of the molecule is CCOc1cc(F)c(Cn2nc(C3=NC(Nc4ccncc4C)=C4COCC4N3)c3ccccc32)c(F)c1. The third-order valence-corrected chi connectivity index (χ3v) is 6.69. The number of para-hydroxylation sites is 1. The summed E-state index contributed by atoms with van der Waals surface area (Å²) in [6, 6.07) is 11.8. The van der Waals surface area contributed by atoms with Crippen LogP contribution < -0.4 is 15.4 Å². The van der Waals surface area contributed by atoms with Crippen LogP contribution in [0.2, 0.25) is 0 Å². The number of halogens is 2. The Balaban J connectivity index is 1.40. The Labute approximate surface area is 218 Å². The third-order valence-electron chi connectivity index (χ3n) is 6.69. The lowest BCUT2D eigenvalue weighted by molar-refractivity contribution is 0.196. The molecule has 0 spiro atoms. The van der Waals surface area contributed by atoms with E-state index in [0.29, 0.717) is 37.2 Å². The van der Waals surface area contributed by atoms with E-state index in [4.69, 9.17) is 19.6 Å². The number of nitrogens with one attached hydrogen (secondary N) is 2. The van der Waals surface area contributed by atoms with Gasteiger partial charge >= 0.3 is 0 Å². The first-order valence-electron chi connectivity index (χ1n) is 12.4. The first-order valence-corrected chi connectivity index (χ1v) is 12.4. The monoisotopic (exact) mass is 516 g/mol. The maximum absolute atomic E-state index is 14.9. The average Bonchev–Trinajstić information content (AvgIpc) is 3.53. The van der Waals surface area contributed by atoms with Gasteiger partial charge in [-0.2, -0.15) is 5.10 Å². The van der Waals surface area contributed by atoms with Gasteiger partial charge in [0.15, 0.2) is 5.84 Å². The average molecular weight is 517 g/mol. The molecule has 0 aliphatic carbocycles. The van der Waals surface area contributed by atoms with Crippen molar-refractivity contribution in [2.24, 2.45) is 4.99 Å². The first kappa shape index (κ1) is 24.1. The third kappa shape index (κ3) is 4.37.